The van der Waals surface area contributed by atoms with Crippen LogP contribution in [0.4, 0.5) is 0 Å². The van der Waals surface area contributed by atoms with Gasteiger partial charge < -0.3 is 0 Å². The van der Waals surface area contributed by atoms with Gasteiger partial charge in [0.05, 0.1) is 10.9 Å². The monoisotopic (exact) mass is 391 g/mol. The molecule has 0 spiro atoms. The van der Waals surface area contributed by atoms with Gasteiger partial charge in [0.2, 0.25) is 10.0 Å². The standard InChI is InChI=1S/C19H25N3O2S2/c1-12-10-17(21-20-12)18-11-19(13(2)25-18)26(23,24)22-16-9-5-7-14-6-3-4-8-15(14)16/h3-4,6,8,11-12,16-17,20-22H,5,7,9-10H2,1-2H3. The molecule has 140 valence electrons. The van der Waals surface area contributed by atoms with Gasteiger partial charge in [-0.1, -0.05) is 24.3 Å². The molecule has 4 rings (SSSR count). The number of sulfonamides is 1. The molecule has 2 heterocycles. The Labute approximate surface area is 159 Å². The smallest absolute Gasteiger partial charge is 0.242 e. The van der Waals surface area contributed by atoms with E-state index in [-0.39, 0.29) is 12.1 Å². The summed E-state index contributed by atoms with van der Waals surface area (Å²) in [5.41, 5.74) is 8.83. The molecule has 0 saturated carbocycles. The average Bonchev–Trinajstić information content (AvgIpc) is 3.21. The fraction of sp³-hybridized carbons (Fsp3) is 0.474. The Morgan fingerprint density at radius 2 is 2.04 bits per heavy atom. The molecular formula is C19H25N3O2S2. The zero-order chi connectivity index (χ0) is 18.3. The number of aryl methyl sites for hydroxylation is 2. The highest BCUT2D eigenvalue weighted by atomic mass is 32.2. The maximum Gasteiger partial charge on any atom is 0.242 e. The van der Waals surface area contributed by atoms with E-state index >= 15 is 0 Å². The third kappa shape index (κ3) is 3.46. The van der Waals surface area contributed by atoms with E-state index in [9.17, 15) is 8.42 Å². The molecule has 5 nitrogen and oxygen atoms in total. The van der Waals surface area contributed by atoms with Gasteiger partial charge in [0.1, 0.15) is 0 Å². The number of rotatable bonds is 4. The van der Waals surface area contributed by atoms with Crippen molar-refractivity contribution >= 4 is 21.4 Å². The lowest BCUT2D eigenvalue weighted by Gasteiger charge is -2.26. The van der Waals surface area contributed by atoms with Gasteiger partial charge >= 0.3 is 0 Å². The van der Waals surface area contributed by atoms with Crippen molar-refractivity contribution < 1.29 is 8.42 Å². The molecular weight excluding hydrogens is 366 g/mol. The molecule has 1 aliphatic heterocycles. The molecule has 3 unspecified atom stereocenters. The van der Waals surface area contributed by atoms with Gasteiger partial charge in [-0.05, 0) is 56.7 Å². The average molecular weight is 392 g/mol. The van der Waals surface area contributed by atoms with Gasteiger partial charge in [-0.3, -0.25) is 5.43 Å². The van der Waals surface area contributed by atoms with Crippen molar-refractivity contribution in [3.8, 4) is 0 Å². The Hall–Kier alpha value is -1.25. The third-order valence-electron chi connectivity index (χ3n) is 5.28. The molecule has 1 saturated heterocycles. The molecule has 0 amide bonds. The summed E-state index contributed by atoms with van der Waals surface area (Å²) in [6, 6.07) is 10.4. The lowest BCUT2D eigenvalue weighted by Crippen LogP contribution is -2.31. The molecule has 3 N–H and O–H groups in total. The van der Waals surface area contributed by atoms with Gasteiger partial charge in [-0.15, -0.1) is 11.3 Å². The van der Waals surface area contributed by atoms with Gasteiger partial charge in [0, 0.05) is 21.8 Å². The number of fused-ring (bicyclic) bond motifs is 1. The SMILES string of the molecule is Cc1sc(C2CC(C)NN2)cc1S(=O)(=O)NC1CCCc2ccccc21. The Balaban J connectivity index is 1.59. The number of hydrogen-bond acceptors (Lipinski definition) is 5. The van der Waals surface area contributed by atoms with Crippen LogP contribution in [0, 0.1) is 6.92 Å². The summed E-state index contributed by atoms with van der Waals surface area (Å²) in [6.45, 7) is 4.01. The minimum Gasteiger partial charge on any atom is -0.254 e. The van der Waals surface area contributed by atoms with E-state index < -0.39 is 10.0 Å². The van der Waals surface area contributed by atoms with Gasteiger partial charge in [-0.2, -0.15) is 0 Å². The normalized spacial score (nSPS) is 26.0. The van der Waals surface area contributed by atoms with Crippen molar-refractivity contribution in [1.29, 1.82) is 0 Å². The van der Waals surface area contributed by atoms with Crippen LogP contribution in [0.2, 0.25) is 0 Å². The van der Waals surface area contributed by atoms with E-state index in [1.54, 1.807) is 11.3 Å². The number of nitrogens with one attached hydrogen (secondary N) is 3. The number of hydrazine groups is 1. The highest BCUT2D eigenvalue weighted by Gasteiger charge is 2.30. The van der Waals surface area contributed by atoms with Crippen LogP contribution in [0.15, 0.2) is 35.2 Å². The zero-order valence-electron chi connectivity index (χ0n) is 15.1. The zero-order valence-corrected chi connectivity index (χ0v) is 16.7. The third-order valence-corrected chi connectivity index (χ3v) is 8.18. The Bertz CT molecular complexity index is 907. The highest BCUT2D eigenvalue weighted by molar-refractivity contribution is 7.89. The number of benzene rings is 1. The molecule has 2 aliphatic rings. The van der Waals surface area contributed by atoms with E-state index in [0.29, 0.717) is 10.9 Å². The highest BCUT2D eigenvalue weighted by Crippen LogP contribution is 2.35. The van der Waals surface area contributed by atoms with Crippen LogP contribution >= 0.6 is 11.3 Å². The topological polar surface area (TPSA) is 70.2 Å². The van der Waals surface area contributed by atoms with Crippen molar-refractivity contribution in [3.05, 3.63) is 51.2 Å². The molecule has 0 bridgehead atoms. The predicted octanol–water partition coefficient (Wildman–Crippen LogP) is 3.34. The maximum absolute atomic E-state index is 13.1. The van der Waals surface area contributed by atoms with E-state index in [1.807, 2.05) is 31.2 Å². The van der Waals surface area contributed by atoms with E-state index in [0.717, 1.165) is 41.0 Å². The van der Waals surface area contributed by atoms with E-state index in [2.05, 4.69) is 28.6 Å². The lowest BCUT2D eigenvalue weighted by atomic mass is 9.88. The Kier molecular flexibility index (Phi) is 4.92. The van der Waals surface area contributed by atoms with E-state index in [1.165, 1.54) is 5.56 Å². The van der Waals surface area contributed by atoms with Crippen molar-refractivity contribution in [2.75, 3.05) is 0 Å². The summed E-state index contributed by atoms with van der Waals surface area (Å²) in [4.78, 5) is 2.34. The molecule has 1 fully saturated rings. The summed E-state index contributed by atoms with van der Waals surface area (Å²) in [5, 5.41) is 0. The molecule has 1 aliphatic carbocycles. The predicted molar refractivity (Wildman–Crippen MR) is 105 cm³/mol. The first-order valence-electron chi connectivity index (χ1n) is 9.15. The van der Waals surface area contributed by atoms with Crippen LogP contribution in [-0.4, -0.2) is 14.5 Å². The first-order valence-corrected chi connectivity index (χ1v) is 11.5. The quantitative estimate of drug-likeness (QED) is 0.748. The number of thiophene rings is 1. The van der Waals surface area contributed by atoms with Crippen molar-refractivity contribution in [1.82, 2.24) is 15.6 Å². The van der Waals surface area contributed by atoms with Crippen molar-refractivity contribution in [2.24, 2.45) is 0 Å². The van der Waals surface area contributed by atoms with Crippen molar-refractivity contribution in [3.63, 3.8) is 0 Å². The maximum atomic E-state index is 13.1. The summed E-state index contributed by atoms with van der Waals surface area (Å²) < 4.78 is 29.1. The first kappa shape index (κ1) is 18.1. The Morgan fingerprint density at radius 1 is 1.23 bits per heavy atom. The Morgan fingerprint density at radius 3 is 2.81 bits per heavy atom. The molecule has 2 aromatic rings. The van der Waals surface area contributed by atoms with Crippen LogP contribution in [0.25, 0.3) is 0 Å². The summed E-state index contributed by atoms with van der Waals surface area (Å²) in [5.74, 6) is 0. The van der Waals surface area contributed by atoms with Gasteiger partial charge in [0.15, 0.2) is 0 Å². The van der Waals surface area contributed by atoms with Crippen LogP contribution in [-0.2, 0) is 16.4 Å². The number of hydrogen-bond donors (Lipinski definition) is 3. The summed E-state index contributed by atoms with van der Waals surface area (Å²) >= 11 is 1.57. The minimum absolute atomic E-state index is 0.140. The van der Waals surface area contributed by atoms with Gasteiger partial charge in [-0.25, -0.2) is 18.6 Å². The minimum atomic E-state index is -3.54. The molecule has 3 atom stereocenters. The van der Waals surface area contributed by atoms with E-state index in [4.69, 9.17) is 0 Å². The molecule has 26 heavy (non-hydrogen) atoms. The summed E-state index contributed by atoms with van der Waals surface area (Å²) in [7, 11) is -3.54. The summed E-state index contributed by atoms with van der Waals surface area (Å²) in [6.07, 6.45) is 3.84. The molecule has 7 heteroatoms. The molecule has 1 aromatic carbocycles. The van der Waals surface area contributed by atoms with Crippen LogP contribution in [0.3, 0.4) is 0 Å². The van der Waals surface area contributed by atoms with Crippen LogP contribution in [0.1, 0.15) is 59.2 Å². The van der Waals surface area contributed by atoms with Crippen LogP contribution in [0.5, 0.6) is 0 Å². The lowest BCUT2D eigenvalue weighted by molar-refractivity contribution is 0.507. The van der Waals surface area contributed by atoms with Gasteiger partial charge in [0.25, 0.3) is 0 Å². The molecule has 1 aromatic heterocycles. The van der Waals surface area contributed by atoms with Crippen molar-refractivity contribution in [2.45, 2.75) is 62.6 Å². The largest absolute Gasteiger partial charge is 0.254 e. The van der Waals surface area contributed by atoms with Crippen LogP contribution < -0.4 is 15.6 Å². The molecule has 0 radical (unpaired) electrons. The fourth-order valence-corrected chi connectivity index (χ4v) is 6.88. The second-order valence-electron chi connectivity index (χ2n) is 7.31. The second-order valence-corrected chi connectivity index (χ2v) is 10.3. The second kappa shape index (κ2) is 7.05. The first-order chi connectivity index (χ1) is 12.4. The fourth-order valence-electron chi connectivity index (χ4n) is 3.95.